The number of aliphatic hydroxyl groups is 1. The number of hydrogen-bond acceptors (Lipinski definition) is 3. The van der Waals surface area contributed by atoms with Crippen molar-refractivity contribution in [3.63, 3.8) is 0 Å². The third-order valence-electron chi connectivity index (χ3n) is 2.45. The molecule has 18 heavy (non-hydrogen) atoms. The van der Waals surface area contributed by atoms with Gasteiger partial charge >= 0.3 is 0 Å². The van der Waals surface area contributed by atoms with Crippen molar-refractivity contribution in [2.24, 2.45) is 0 Å². The molecule has 7 heteroatoms. The predicted molar refractivity (Wildman–Crippen MR) is 72.6 cm³/mol. The first-order valence-corrected chi connectivity index (χ1v) is 7.74. The Bertz CT molecular complexity index is 505. The van der Waals surface area contributed by atoms with Crippen molar-refractivity contribution in [1.82, 2.24) is 4.72 Å². The van der Waals surface area contributed by atoms with Crippen LogP contribution in [-0.2, 0) is 10.0 Å². The maximum atomic E-state index is 11.9. The van der Waals surface area contributed by atoms with Gasteiger partial charge in [-0.05, 0) is 25.0 Å². The van der Waals surface area contributed by atoms with Gasteiger partial charge in [-0.2, -0.15) is 0 Å². The SMILES string of the molecule is CCC(O)CCNS(=O)(=O)c1cccc(Cl)c1Cl. The summed E-state index contributed by atoms with van der Waals surface area (Å²) >= 11 is 11.6. The summed E-state index contributed by atoms with van der Waals surface area (Å²) < 4.78 is 26.3. The molecule has 1 atom stereocenters. The van der Waals surface area contributed by atoms with Gasteiger partial charge in [-0.1, -0.05) is 36.2 Å². The van der Waals surface area contributed by atoms with E-state index in [2.05, 4.69) is 4.72 Å². The molecule has 0 bridgehead atoms. The molecule has 102 valence electrons. The zero-order valence-electron chi connectivity index (χ0n) is 9.86. The summed E-state index contributed by atoms with van der Waals surface area (Å²) in [6.07, 6.45) is 0.427. The Morgan fingerprint density at radius 1 is 1.39 bits per heavy atom. The lowest BCUT2D eigenvalue weighted by molar-refractivity contribution is 0.162. The third kappa shape index (κ3) is 4.10. The molecule has 0 spiro atoms. The van der Waals surface area contributed by atoms with Crippen LogP contribution in [0.4, 0.5) is 0 Å². The average Bonchev–Trinajstić information content (AvgIpc) is 2.32. The van der Waals surface area contributed by atoms with Crippen molar-refractivity contribution in [3.8, 4) is 0 Å². The van der Waals surface area contributed by atoms with Crippen molar-refractivity contribution in [2.75, 3.05) is 6.54 Å². The van der Waals surface area contributed by atoms with E-state index in [4.69, 9.17) is 23.2 Å². The molecule has 0 fully saturated rings. The lowest BCUT2D eigenvalue weighted by Gasteiger charge is -2.11. The van der Waals surface area contributed by atoms with Crippen molar-refractivity contribution in [1.29, 1.82) is 0 Å². The number of aliphatic hydroxyl groups excluding tert-OH is 1. The van der Waals surface area contributed by atoms with Crippen LogP contribution < -0.4 is 4.72 Å². The molecule has 2 N–H and O–H groups in total. The summed E-state index contributed by atoms with van der Waals surface area (Å²) in [4.78, 5) is -0.0531. The molecule has 0 saturated carbocycles. The van der Waals surface area contributed by atoms with E-state index in [9.17, 15) is 13.5 Å². The Kier molecular flexibility index (Phi) is 5.88. The second-order valence-corrected chi connectivity index (χ2v) is 6.32. The Labute approximate surface area is 117 Å². The Morgan fingerprint density at radius 3 is 2.67 bits per heavy atom. The number of nitrogens with one attached hydrogen (secondary N) is 1. The van der Waals surface area contributed by atoms with E-state index in [1.165, 1.54) is 18.2 Å². The maximum absolute atomic E-state index is 11.9. The number of halogens is 2. The third-order valence-corrected chi connectivity index (χ3v) is 4.88. The fraction of sp³-hybridized carbons (Fsp3) is 0.455. The van der Waals surface area contributed by atoms with Gasteiger partial charge in [-0.25, -0.2) is 13.1 Å². The van der Waals surface area contributed by atoms with E-state index in [0.717, 1.165) is 0 Å². The average molecular weight is 312 g/mol. The minimum Gasteiger partial charge on any atom is -0.393 e. The summed E-state index contributed by atoms with van der Waals surface area (Å²) in [6, 6.07) is 4.42. The molecule has 0 saturated heterocycles. The lowest BCUT2D eigenvalue weighted by Crippen LogP contribution is -2.27. The monoisotopic (exact) mass is 311 g/mol. The van der Waals surface area contributed by atoms with Crippen molar-refractivity contribution < 1.29 is 13.5 Å². The fourth-order valence-corrected chi connectivity index (χ4v) is 3.14. The smallest absolute Gasteiger partial charge is 0.242 e. The number of hydrogen-bond donors (Lipinski definition) is 2. The molecule has 0 aromatic heterocycles. The molecular weight excluding hydrogens is 297 g/mol. The predicted octanol–water partition coefficient (Wildman–Crippen LogP) is 2.43. The van der Waals surface area contributed by atoms with Gasteiger partial charge in [-0.15, -0.1) is 0 Å². The summed E-state index contributed by atoms with van der Waals surface area (Å²) in [5.41, 5.74) is 0. The molecule has 0 aliphatic carbocycles. The molecule has 1 aromatic carbocycles. The van der Waals surface area contributed by atoms with Gasteiger partial charge < -0.3 is 5.11 Å². The first-order valence-electron chi connectivity index (χ1n) is 5.50. The maximum Gasteiger partial charge on any atom is 0.242 e. The molecule has 0 heterocycles. The van der Waals surface area contributed by atoms with Crippen molar-refractivity contribution in [3.05, 3.63) is 28.2 Å². The minimum atomic E-state index is -3.69. The van der Waals surface area contributed by atoms with Gasteiger partial charge in [0.2, 0.25) is 10.0 Å². The van der Waals surface area contributed by atoms with Crippen LogP contribution in [0, 0.1) is 0 Å². The van der Waals surface area contributed by atoms with Crippen molar-refractivity contribution >= 4 is 33.2 Å². The van der Waals surface area contributed by atoms with Gasteiger partial charge in [-0.3, -0.25) is 0 Å². The molecule has 0 aliphatic rings. The number of benzene rings is 1. The number of rotatable bonds is 6. The zero-order valence-corrected chi connectivity index (χ0v) is 12.2. The first-order chi connectivity index (χ1) is 8.38. The summed E-state index contributed by atoms with van der Waals surface area (Å²) in [7, 11) is -3.69. The van der Waals surface area contributed by atoms with E-state index < -0.39 is 16.1 Å². The normalized spacial score (nSPS) is 13.6. The molecule has 0 aliphatic heterocycles. The van der Waals surface area contributed by atoms with Crippen LogP contribution in [0.15, 0.2) is 23.1 Å². The highest BCUT2D eigenvalue weighted by atomic mass is 35.5. The molecule has 1 rings (SSSR count). The van der Waals surface area contributed by atoms with Gasteiger partial charge in [0.05, 0.1) is 16.1 Å². The van der Waals surface area contributed by atoms with E-state index >= 15 is 0 Å². The van der Waals surface area contributed by atoms with Gasteiger partial charge in [0, 0.05) is 6.54 Å². The molecule has 1 aromatic rings. The Balaban J connectivity index is 2.78. The van der Waals surface area contributed by atoms with E-state index in [1.54, 1.807) is 0 Å². The standard InChI is InChI=1S/C11H15Cl2NO3S/c1-2-8(15)6-7-14-18(16,17)10-5-3-4-9(12)11(10)13/h3-5,8,14-15H,2,6-7H2,1H3. The highest BCUT2D eigenvalue weighted by molar-refractivity contribution is 7.89. The fourth-order valence-electron chi connectivity index (χ4n) is 1.33. The highest BCUT2D eigenvalue weighted by Gasteiger charge is 2.19. The molecule has 0 amide bonds. The van der Waals surface area contributed by atoms with E-state index in [-0.39, 0.29) is 21.5 Å². The van der Waals surface area contributed by atoms with Crippen LogP contribution >= 0.6 is 23.2 Å². The van der Waals surface area contributed by atoms with Crippen LogP contribution in [0.5, 0.6) is 0 Å². The lowest BCUT2D eigenvalue weighted by atomic mass is 10.2. The van der Waals surface area contributed by atoms with Crippen molar-refractivity contribution in [2.45, 2.75) is 30.8 Å². The van der Waals surface area contributed by atoms with Crippen LogP contribution in [-0.4, -0.2) is 26.2 Å². The number of sulfonamides is 1. The quantitative estimate of drug-likeness (QED) is 0.848. The molecule has 1 unspecified atom stereocenters. The van der Waals surface area contributed by atoms with Crippen LogP contribution in [0.1, 0.15) is 19.8 Å². The van der Waals surface area contributed by atoms with Gasteiger partial charge in [0.25, 0.3) is 0 Å². The first kappa shape index (κ1) is 15.7. The second kappa shape index (κ2) is 6.73. The summed E-state index contributed by atoms with van der Waals surface area (Å²) in [6.45, 7) is 1.98. The largest absolute Gasteiger partial charge is 0.393 e. The second-order valence-electron chi connectivity index (χ2n) is 3.80. The molecule has 0 radical (unpaired) electrons. The topological polar surface area (TPSA) is 66.4 Å². The van der Waals surface area contributed by atoms with Crippen LogP contribution in [0.25, 0.3) is 0 Å². The summed E-state index contributed by atoms with van der Waals surface area (Å²) in [5, 5.41) is 9.53. The van der Waals surface area contributed by atoms with Crippen LogP contribution in [0.2, 0.25) is 10.0 Å². The highest BCUT2D eigenvalue weighted by Crippen LogP contribution is 2.28. The Morgan fingerprint density at radius 2 is 2.06 bits per heavy atom. The van der Waals surface area contributed by atoms with Crippen LogP contribution in [0.3, 0.4) is 0 Å². The zero-order chi connectivity index (χ0) is 13.8. The molecule has 4 nitrogen and oxygen atoms in total. The minimum absolute atomic E-state index is 0.00251. The van der Waals surface area contributed by atoms with Gasteiger partial charge in [0.1, 0.15) is 4.90 Å². The summed E-state index contributed by atoms with van der Waals surface area (Å²) in [5.74, 6) is 0. The van der Waals surface area contributed by atoms with E-state index in [1.807, 2.05) is 6.92 Å². The van der Waals surface area contributed by atoms with Gasteiger partial charge in [0.15, 0.2) is 0 Å². The Hall–Kier alpha value is -0.330. The molecular formula is C11H15Cl2NO3S. The van der Waals surface area contributed by atoms with E-state index in [0.29, 0.717) is 12.8 Å².